The van der Waals surface area contributed by atoms with Crippen molar-refractivity contribution in [2.24, 2.45) is 5.92 Å². The molecule has 3 atom stereocenters. The third-order valence-electron chi connectivity index (χ3n) is 4.98. The lowest BCUT2D eigenvalue weighted by atomic mass is 9.99. The second-order valence-electron chi connectivity index (χ2n) is 7.14. The van der Waals surface area contributed by atoms with Gasteiger partial charge < -0.3 is 15.4 Å². The maximum absolute atomic E-state index is 12.1. The summed E-state index contributed by atoms with van der Waals surface area (Å²) in [6.07, 6.45) is 4.82. The number of carbonyl (C=O) groups excluding carboxylic acids is 1. The van der Waals surface area contributed by atoms with Gasteiger partial charge in [-0.2, -0.15) is 0 Å². The first kappa shape index (κ1) is 16.3. The van der Waals surface area contributed by atoms with E-state index in [-0.39, 0.29) is 12.1 Å². The van der Waals surface area contributed by atoms with Crippen molar-refractivity contribution < 1.29 is 9.53 Å². The van der Waals surface area contributed by atoms with Gasteiger partial charge in [-0.15, -0.1) is 0 Å². The van der Waals surface area contributed by atoms with Crippen LogP contribution >= 0.6 is 0 Å². The number of amides is 2. The van der Waals surface area contributed by atoms with E-state index >= 15 is 0 Å². The first-order chi connectivity index (χ1) is 11.1. The van der Waals surface area contributed by atoms with Crippen LogP contribution in [0.4, 0.5) is 4.79 Å². The van der Waals surface area contributed by atoms with Crippen LogP contribution < -0.4 is 10.6 Å². The summed E-state index contributed by atoms with van der Waals surface area (Å²) in [5.74, 6) is 1.05. The molecule has 0 spiro atoms. The van der Waals surface area contributed by atoms with Crippen LogP contribution in [-0.2, 0) is 4.74 Å². The predicted octanol–water partition coefficient (Wildman–Crippen LogP) is 3.36. The van der Waals surface area contributed by atoms with Crippen molar-refractivity contribution in [3.63, 3.8) is 0 Å². The van der Waals surface area contributed by atoms with Gasteiger partial charge in [0.2, 0.25) is 0 Å². The third kappa shape index (κ3) is 4.71. The highest BCUT2D eigenvalue weighted by Crippen LogP contribution is 2.38. The molecular formula is C19H28N2O2. The molecule has 0 aromatic heterocycles. The number of hydrogen-bond donors (Lipinski definition) is 2. The molecule has 4 heteroatoms. The first-order valence-electron chi connectivity index (χ1n) is 8.84. The van der Waals surface area contributed by atoms with Crippen LogP contribution in [0.15, 0.2) is 24.3 Å². The highest BCUT2D eigenvalue weighted by atomic mass is 16.5. The van der Waals surface area contributed by atoms with Crippen molar-refractivity contribution >= 4 is 6.03 Å². The Labute approximate surface area is 139 Å². The molecular weight excluding hydrogens is 288 g/mol. The van der Waals surface area contributed by atoms with Gasteiger partial charge in [-0.05, 0) is 50.0 Å². The number of nitrogens with one attached hydrogen (secondary N) is 2. The lowest BCUT2D eigenvalue weighted by Gasteiger charge is -2.30. The minimum atomic E-state index is -0.0500. The Bertz CT molecular complexity index is 542. The molecule has 3 rings (SSSR count). The summed E-state index contributed by atoms with van der Waals surface area (Å²) >= 11 is 0. The largest absolute Gasteiger partial charge is 0.378 e. The summed E-state index contributed by atoms with van der Waals surface area (Å²) in [6.45, 7) is 5.67. The van der Waals surface area contributed by atoms with Gasteiger partial charge in [0.1, 0.15) is 0 Å². The zero-order valence-corrected chi connectivity index (χ0v) is 14.2. The van der Waals surface area contributed by atoms with Crippen LogP contribution in [0.5, 0.6) is 0 Å². The molecule has 1 aromatic rings. The highest BCUT2D eigenvalue weighted by molar-refractivity contribution is 5.74. The standard InChI is InChI=1S/C19H28N2O2/c1-13-4-3-5-16(10-13)14(2)12-20-19(22)21-17-8-9-23-18(11-17)15-6-7-15/h3-5,10,14-15,17-18H,6-9,11-12H2,1-2H3,(H2,20,21,22)/t14-,17-,18+/m1/s1. The number of ether oxygens (including phenoxy) is 1. The Morgan fingerprint density at radius 1 is 1.35 bits per heavy atom. The maximum atomic E-state index is 12.1. The fraction of sp³-hybridized carbons (Fsp3) is 0.632. The Kier molecular flexibility index (Phi) is 5.21. The molecule has 1 heterocycles. The Morgan fingerprint density at radius 2 is 2.17 bits per heavy atom. The number of benzene rings is 1. The maximum Gasteiger partial charge on any atom is 0.315 e. The van der Waals surface area contributed by atoms with Crippen molar-refractivity contribution in [1.29, 1.82) is 0 Å². The van der Waals surface area contributed by atoms with E-state index in [1.807, 2.05) is 0 Å². The van der Waals surface area contributed by atoms with Crippen molar-refractivity contribution in [2.45, 2.75) is 57.6 Å². The molecule has 1 saturated carbocycles. The molecule has 2 fully saturated rings. The van der Waals surface area contributed by atoms with Crippen LogP contribution in [0.2, 0.25) is 0 Å². The van der Waals surface area contributed by atoms with Crippen LogP contribution in [0.25, 0.3) is 0 Å². The second-order valence-corrected chi connectivity index (χ2v) is 7.14. The molecule has 0 unspecified atom stereocenters. The van der Waals surface area contributed by atoms with E-state index < -0.39 is 0 Å². The fourth-order valence-corrected chi connectivity index (χ4v) is 3.33. The molecule has 2 aliphatic rings. The van der Waals surface area contributed by atoms with Crippen molar-refractivity contribution in [3.8, 4) is 0 Å². The van der Waals surface area contributed by atoms with E-state index in [4.69, 9.17) is 4.74 Å². The van der Waals surface area contributed by atoms with Crippen molar-refractivity contribution in [2.75, 3.05) is 13.2 Å². The highest BCUT2D eigenvalue weighted by Gasteiger charge is 2.36. The minimum Gasteiger partial charge on any atom is -0.378 e. The summed E-state index contributed by atoms with van der Waals surface area (Å²) in [4.78, 5) is 12.1. The minimum absolute atomic E-state index is 0.0500. The Hall–Kier alpha value is -1.55. The molecule has 1 aliphatic carbocycles. The number of urea groups is 1. The fourth-order valence-electron chi connectivity index (χ4n) is 3.33. The van der Waals surface area contributed by atoms with E-state index in [0.29, 0.717) is 18.6 Å². The molecule has 0 bridgehead atoms. The normalized spacial score (nSPS) is 25.7. The molecule has 23 heavy (non-hydrogen) atoms. The Morgan fingerprint density at radius 3 is 2.91 bits per heavy atom. The van der Waals surface area contributed by atoms with Gasteiger partial charge in [-0.1, -0.05) is 36.8 Å². The van der Waals surface area contributed by atoms with E-state index in [0.717, 1.165) is 25.4 Å². The van der Waals surface area contributed by atoms with Crippen LogP contribution in [0, 0.1) is 12.8 Å². The molecule has 4 nitrogen and oxygen atoms in total. The molecule has 1 saturated heterocycles. The summed E-state index contributed by atoms with van der Waals surface area (Å²) in [7, 11) is 0. The van der Waals surface area contributed by atoms with Crippen LogP contribution in [-0.4, -0.2) is 31.3 Å². The number of aryl methyl sites for hydroxylation is 1. The third-order valence-corrected chi connectivity index (χ3v) is 4.98. The van der Waals surface area contributed by atoms with E-state index in [1.165, 1.54) is 24.0 Å². The van der Waals surface area contributed by atoms with Gasteiger partial charge in [0.15, 0.2) is 0 Å². The summed E-state index contributed by atoms with van der Waals surface area (Å²) in [5, 5.41) is 6.14. The number of rotatable bonds is 5. The van der Waals surface area contributed by atoms with Gasteiger partial charge in [0.05, 0.1) is 6.10 Å². The van der Waals surface area contributed by atoms with E-state index in [2.05, 4.69) is 48.7 Å². The smallest absolute Gasteiger partial charge is 0.315 e. The average Bonchev–Trinajstić information content (AvgIpc) is 3.38. The second kappa shape index (κ2) is 7.35. The average molecular weight is 316 g/mol. The zero-order chi connectivity index (χ0) is 16.2. The topological polar surface area (TPSA) is 50.4 Å². The van der Waals surface area contributed by atoms with Crippen molar-refractivity contribution in [3.05, 3.63) is 35.4 Å². The van der Waals surface area contributed by atoms with Crippen molar-refractivity contribution in [1.82, 2.24) is 10.6 Å². The van der Waals surface area contributed by atoms with Gasteiger partial charge in [0, 0.05) is 19.2 Å². The predicted molar refractivity (Wildman–Crippen MR) is 91.6 cm³/mol. The number of hydrogen-bond acceptors (Lipinski definition) is 2. The van der Waals surface area contributed by atoms with Gasteiger partial charge >= 0.3 is 6.03 Å². The van der Waals surface area contributed by atoms with E-state index in [1.54, 1.807) is 0 Å². The lowest BCUT2D eigenvalue weighted by Crippen LogP contribution is -2.47. The summed E-state index contributed by atoms with van der Waals surface area (Å²) in [6, 6.07) is 8.67. The lowest BCUT2D eigenvalue weighted by molar-refractivity contribution is -0.00914. The molecule has 2 amide bonds. The molecule has 1 aliphatic heterocycles. The van der Waals surface area contributed by atoms with Gasteiger partial charge in [0.25, 0.3) is 0 Å². The SMILES string of the molecule is Cc1cccc([C@H](C)CNC(=O)N[C@@H]2CCO[C@H](C3CC3)C2)c1. The molecule has 1 aromatic carbocycles. The summed E-state index contributed by atoms with van der Waals surface area (Å²) < 4.78 is 5.81. The van der Waals surface area contributed by atoms with Gasteiger partial charge in [-0.3, -0.25) is 0 Å². The van der Waals surface area contributed by atoms with E-state index in [9.17, 15) is 4.79 Å². The van der Waals surface area contributed by atoms with Gasteiger partial charge in [-0.25, -0.2) is 4.79 Å². The van der Waals surface area contributed by atoms with Crippen LogP contribution in [0.1, 0.15) is 49.7 Å². The van der Waals surface area contributed by atoms with Crippen LogP contribution in [0.3, 0.4) is 0 Å². The number of carbonyl (C=O) groups is 1. The zero-order valence-electron chi connectivity index (χ0n) is 14.2. The first-order valence-corrected chi connectivity index (χ1v) is 8.84. The summed E-state index contributed by atoms with van der Waals surface area (Å²) in [5.41, 5.74) is 2.53. The molecule has 0 radical (unpaired) electrons. The quantitative estimate of drug-likeness (QED) is 0.875. The monoisotopic (exact) mass is 316 g/mol. The molecule has 126 valence electrons. The Balaban J connectivity index is 1.42. The molecule has 2 N–H and O–H groups in total.